The molecule has 5 heteroatoms. The molecule has 0 radical (unpaired) electrons. The smallest absolute Gasteiger partial charge is 0.319 e. The van der Waals surface area contributed by atoms with Gasteiger partial charge in [0.05, 0.1) is 5.69 Å². The second-order valence-electron chi connectivity index (χ2n) is 5.11. The fraction of sp³-hybridized carbons (Fsp3) is 0.235. The van der Waals surface area contributed by atoms with Crippen LogP contribution in [-0.2, 0) is 0 Å². The van der Waals surface area contributed by atoms with Crippen molar-refractivity contribution in [3.05, 3.63) is 58.2 Å². The van der Waals surface area contributed by atoms with Crippen molar-refractivity contribution in [3.8, 4) is 0 Å². The molecule has 4 nitrogen and oxygen atoms in total. The summed E-state index contributed by atoms with van der Waals surface area (Å²) in [7, 11) is 2.03. The van der Waals surface area contributed by atoms with E-state index >= 15 is 0 Å². The summed E-state index contributed by atoms with van der Waals surface area (Å²) in [5.41, 5.74) is 1.96. The minimum Gasteiger partial charge on any atom is -0.370 e. The Hall–Kier alpha value is -1.76. The molecule has 1 atom stereocenters. The molecule has 2 rings (SSSR count). The first-order valence-electron chi connectivity index (χ1n) is 7.15. The lowest BCUT2D eigenvalue weighted by Gasteiger charge is -2.27. The molecule has 1 unspecified atom stereocenters. The summed E-state index contributed by atoms with van der Waals surface area (Å²) in [6, 6.07) is 17.8. The Balaban J connectivity index is 1.84. The lowest BCUT2D eigenvalue weighted by molar-refractivity contribution is 0.251. The maximum atomic E-state index is 12.0. The zero-order valence-corrected chi connectivity index (χ0v) is 14.9. The summed E-state index contributed by atoms with van der Waals surface area (Å²) in [5.74, 6) is 0. The number of nitrogens with one attached hydrogen (secondary N) is 2. The highest BCUT2D eigenvalue weighted by Gasteiger charge is 2.11. The molecular weight excluding hydrogens is 389 g/mol. The largest absolute Gasteiger partial charge is 0.370 e. The van der Waals surface area contributed by atoms with Gasteiger partial charge < -0.3 is 15.5 Å². The molecule has 22 heavy (non-hydrogen) atoms. The Morgan fingerprint density at radius 2 is 1.77 bits per heavy atom. The minimum atomic E-state index is -0.183. The molecule has 0 aliphatic rings. The Bertz CT molecular complexity index is 618. The highest BCUT2D eigenvalue weighted by molar-refractivity contribution is 14.1. The third kappa shape index (κ3) is 4.62. The van der Waals surface area contributed by atoms with E-state index in [1.807, 2.05) is 49.5 Å². The van der Waals surface area contributed by atoms with Crippen LogP contribution in [0, 0.1) is 3.57 Å². The van der Waals surface area contributed by atoms with Gasteiger partial charge in [-0.25, -0.2) is 4.79 Å². The fourth-order valence-electron chi connectivity index (χ4n) is 2.02. The number of benzene rings is 2. The molecule has 2 aromatic rings. The first kappa shape index (κ1) is 16.6. The zero-order valence-electron chi connectivity index (χ0n) is 12.7. The number of rotatable bonds is 5. The van der Waals surface area contributed by atoms with Gasteiger partial charge >= 0.3 is 6.03 Å². The van der Waals surface area contributed by atoms with Crippen molar-refractivity contribution >= 4 is 40.0 Å². The number of anilines is 2. The zero-order chi connectivity index (χ0) is 15.9. The van der Waals surface area contributed by atoms with Crippen molar-refractivity contribution in [2.45, 2.75) is 13.0 Å². The van der Waals surface area contributed by atoms with E-state index in [9.17, 15) is 4.79 Å². The molecule has 0 aliphatic carbocycles. The van der Waals surface area contributed by atoms with Crippen LogP contribution in [0.15, 0.2) is 54.6 Å². The monoisotopic (exact) mass is 409 g/mol. The first-order chi connectivity index (χ1) is 10.6. The average molecular weight is 409 g/mol. The molecule has 0 aliphatic heterocycles. The molecule has 0 spiro atoms. The van der Waals surface area contributed by atoms with Gasteiger partial charge in [-0.3, -0.25) is 0 Å². The topological polar surface area (TPSA) is 44.4 Å². The van der Waals surface area contributed by atoms with Crippen molar-refractivity contribution in [1.29, 1.82) is 0 Å². The van der Waals surface area contributed by atoms with Gasteiger partial charge in [0, 0.05) is 28.9 Å². The Morgan fingerprint density at radius 1 is 1.14 bits per heavy atom. The number of likely N-dealkylation sites (N-methyl/N-ethyl adjacent to an activating group) is 1. The molecule has 0 saturated carbocycles. The lowest BCUT2D eigenvalue weighted by atomic mass is 10.2. The maximum absolute atomic E-state index is 12.0. The Labute approximate surface area is 145 Å². The standard InChI is InChI=1S/C17H20IN3O/c1-13(21(2)14-8-4-3-5-9-14)12-19-17(22)20-16-11-7-6-10-15(16)18/h3-11,13H,12H2,1-2H3,(H2,19,20,22). The molecule has 0 heterocycles. The normalized spacial score (nSPS) is 11.6. The summed E-state index contributed by atoms with van der Waals surface area (Å²) in [5, 5.41) is 5.78. The van der Waals surface area contributed by atoms with Crippen LogP contribution >= 0.6 is 22.6 Å². The Morgan fingerprint density at radius 3 is 2.45 bits per heavy atom. The van der Waals surface area contributed by atoms with E-state index in [2.05, 4.69) is 57.2 Å². The number of nitrogens with zero attached hydrogens (tertiary/aromatic N) is 1. The second-order valence-corrected chi connectivity index (χ2v) is 6.27. The van der Waals surface area contributed by atoms with Crippen LogP contribution in [0.2, 0.25) is 0 Å². The summed E-state index contributed by atoms with van der Waals surface area (Å²) < 4.78 is 1.02. The van der Waals surface area contributed by atoms with Gasteiger partial charge in [-0.2, -0.15) is 0 Å². The third-order valence-corrected chi connectivity index (χ3v) is 4.45. The number of amides is 2. The van der Waals surface area contributed by atoms with Crippen molar-refractivity contribution < 1.29 is 4.79 Å². The minimum absolute atomic E-state index is 0.183. The van der Waals surface area contributed by atoms with E-state index in [0.717, 1.165) is 14.9 Å². The number of carbonyl (C=O) groups excluding carboxylic acids is 1. The van der Waals surface area contributed by atoms with Crippen molar-refractivity contribution in [2.24, 2.45) is 0 Å². The first-order valence-corrected chi connectivity index (χ1v) is 8.23. The van der Waals surface area contributed by atoms with E-state index in [4.69, 9.17) is 0 Å². The van der Waals surface area contributed by atoms with Crippen LogP contribution in [0.4, 0.5) is 16.2 Å². The average Bonchev–Trinajstić information content (AvgIpc) is 2.55. The van der Waals surface area contributed by atoms with E-state index in [0.29, 0.717) is 6.54 Å². The van der Waals surface area contributed by atoms with Crippen molar-refractivity contribution in [3.63, 3.8) is 0 Å². The van der Waals surface area contributed by atoms with E-state index in [-0.39, 0.29) is 12.1 Å². The highest BCUT2D eigenvalue weighted by Crippen LogP contribution is 2.17. The summed E-state index contributed by atoms with van der Waals surface area (Å²) in [6.45, 7) is 2.65. The van der Waals surface area contributed by atoms with Crippen LogP contribution in [0.25, 0.3) is 0 Å². The van der Waals surface area contributed by atoms with Gasteiger partial charge in [0.25, 0.3) is 0 Å². The van der Waals surface area contributed by atoms with Crippen LogP contribution in [0.5, 0.6) is 0 Å². The number of carbonyl (C=O) groups is 1. The number of urea groups is 1. The van der Waals surface area contributed by atoms with Crippen LogP contribution in [0.3, 0.4) is 0 Å². The van der Waals surface area contributed by atoms with Crippen molar-refractivity contribution in [1.82, 2.24) is 5.32 Å². The molecule has 2 amide bonds. The van der Waals surface area contributed by atoms with E-state index in [1.54, 1.807) is 0 Å². The summed E-state index contributed by atoms with van der Waals surface area (Å²) in [4.78, 5) is 14.1. The SMILES string of the molecule is CC(CNC(=O)Nc1ccccc1I)N(C)c1ccccc1. The summed E-state index contributed by atoms with van der Waals surface area (Å²) >= 11 is 2.20. The molecular formula is C17H20IN3O. The fourth-order valence-corrected chi connectivity index (χ4v) is 2.55. The predicted octanol–water partition coefficient (Wildman–Crippen LogP) is 3.94. The van der Waals surface area contributed by atoms with Gasteiger partial charge in [0.2, 0.25) is 0 Å². The molecule has 0 bridgehead atoms. The lowest BCUT2D eigenvalue weighted by Crippen LogP contribution is -2.41. The van der Waals surface area contributed by atoms with Gasteiger partial charge in [-0.1, -0.05) is 30.3 Å². The molecule has 2 aromatic carbocycles. The van der Waals surface area contributed by atoms with Crippen molar-refractivity contribution in [2.75, 3.05) is 23.8 Å². The molecule has 2 N–H and O–H groups in total. The Kier molecular flexibility index (Phi) is 6.06. The number of hydrogen-bond donors (Lipinski definition) is 2. The summed E-state index contributed by atoms with van der Waals surface area (Å²) in [6.07, 6.45) is 0. The number of halogens is 1. The van der Waals surface area contributed by atoms with E-state index in [1.165, 1.54) is 0 Å². The van der Waals surface area contributed by atoms with Gasteiger partial charge in [-0.05, 0) is 53.8 Å². The highest BCUT2D eigenvalue weighted by atomic mass is 127. The van der Waals surface area contributed by atoms with Crippen LogP contribution < -0.4 is 15.5 Å². The molecule has 116 valence electrons. The quantitative estimate of drug-likeness (QED) is 0.735. The van der Waals surface area contributed by atoms with Crippen LogP contribution in [-0.4, -0.2) is 25.7 Å². The molecule has 0 aromatic heterocycles. The van der Waals surface area contributed by atoms with Crippen LogP contribution in [0.1, 0.15) is 6.92 Å². The maximum Gasteiger partial charge on any atom is 0.319 e. The second kappa shape index (κ2) is 8.03. The molecule has 0 saturated heterocycles. The van der Waals surface area contributed by atoms with Gasteiger partial charge in [0.15, 0.2) is 0 Å². The predicted molar refractivity (Wildman–Crippen MR) is 100 cm³/mol. The van der Waals surface area contributed by atoms with Gasteiger partial charge in [0.1, 0.15) is 0 Å². The third-order valence-electron chi connectivity index (χ3n) is 3.50. The molecule has 0 fully saturated rings. The number of para-hydroxylation sites is 2. The van der Waals surface area contributed by atoms with E-state index < -0.39 is 0 Å². The van der Waals surface area contributed by atoms with Gasteiger partial charge in [-0.15, -0.1) is 0 Å². The number of hydrogen-bond acceptors (Lipinski definition) is 2.